The maximum atomic E-state index is 10.9. The van der Waals surface area contributed by atoms with E-state index in [0.717, 1.165) is 12.8 Å². The van der Waals surface area contributed by atoms with Gasteiger partial charge in [-0.15, -0.1) is 0 Å². The molecule has 0 aliphatic carbocycles. The van der Waals surface area contributed by atoms with Crippen molar-refractivity contribution in [1.29, 1.82) is 0 Å². The first-order valence-corrected chi connectivity index (χ1v) is 4.35. The van der Waals surface area contributed by atoms with Crippen LogP contribution in [0.2, 0.25) is 0 Å². The van der Waals surface area contributed by atoms with Crippen molar-refractivity contribution in [3.05, 3.63) is 0 Å². The molecule has 0 aliphatic rings. The Bertz CT molecular complexity index is 106. The summed E-state index contributed by atoms with van der Waals surface area (Å²) < 4.78 is 5.03. The highest BCUT2D eigenvalue weighted by molar-refractivity contribution is 5.77. The third-order valence-electron chi connectivity index (χ3n) is 1.28. The van der Waals surface area contributed by atoms with Crippen LogP contribution < -0.4 is 11.1 Å². The molecular formula is C8H18N2O2. The van der Waals surface area contributed by atoms with Gasteiger partial charge in [0.2, 0.25) is 5.91 Å². The van der Waals surface area contributed by atoms with E-state index in [-0.39, 0.29) is 12.5 Å². The third kappa shape index (κ3) is 7.50. The number of ether oxygens (including phenoxy) is 1. The molecule has 12 heavy (non-hydrogen) atoms. The second-order valence-corrected chi connectivity index (χ2v) is 2.54. The lowest BCUT2D eigenvalue weighted by Crippen LogP contribution is -2.29. The number of rotatable bonds is 7. The smallest absolute Gasteiger partial charge is 0.245 e. The van der Waals surface area contributed by atoms with Crippen LogP contribution in [0.15, 0.2) is 0 Å². The zero-order valence-electron chi connectivity index (χ0n) is 7.64. The van der Waals surface area contributed by atoms with Crippen molar-refractivity contribution in [2.45, 2.75) is 19.8 Å². The highest BCUT2D eigenvalue weighted by atomic mass is 16.5. The van der Waals surface area contributed by atoms with Gasteiger partial charge in [0.25, 0.3) is 0 Å². The quantitative estimate of drug-likeness (QED) is 0.529. The summed E-state index contributed by atoms with van der Waals surface area (Å²) in [6.07, 6.45) is 1.76. The lowest BCUT2D eigenvalue weighted by atomic mass is 10.4. The van der Waals surface area contributed by atoms with E-state index in [0.29, 0.717) is 19.7 Å². The first-order valence-electron chi connectivity index (χ1n) is 4.35. The molecule has 0 rings (SSSR count). The normalized spacial score (nSPS) is 9.83. The molecule has 0 aromatic carbocycles. The first-order chi connectivity index (χ1) is 5.81. The van der Waals surface area contributed by atoms with Crippen LogP contribution in [0, 0.1) is 0 Å². The van der Waals surface area contributed by atoms with Crippen LogP contribution in [-0.2, 0) is 9.53 Å². The molecule has 72 valence electrons. The van der Waals surface area contributed by atoms with Crippen LogP contribution in [0.5, 0.6) is 0 Å². The Kier molecular flexibility index (Phi) is 8.05. The maximum Gasteiger partial charge on any atom is 0.245 e. The summed E-state index contributed by atoms with van der Waals surface area (Å²) in [5.74, 6) is -0.0584. The SMILES string of the molecule is CCCOCC(=O)NCCCN. The fourth-order valence-electron chi connectivity index (χ4n) is 0.690. The van der Waals surface area contributed by atoms with Gasteiger partial charge < -0.3 is 15.8 Å². The van der Waals surface area contributed by atoms with Crippen molar-refractivity contribution in [1.82, 2.24) is 5.32 Å². The Hall–Kier alpha value is -0.610. The van der Waals surface area contributed by atoms with Gasteiger partial charge >= 0.3 is 0 Å². The largest absolute Gasteiger partial charge is 0.372 e. The molecule has 4 heteroatoms. The van der Waals surface area contributed by atoms with Crippen LogP contribution in [0.3, 0.4) is 0 Å². The van der Waals surface area contributed by atoms with Crippen molar-refractivity contribution < 1.29 is 9.53 Å². The van der Waals surface area contributed by atoms with E-state index in [1.807, 2.05) is 6.92 Å². The predicted molar refractivity (Wildman–Crippen MR) is 47.8 cm³/mol. The van der Waals surface area contributed by atoms with Crippen LogP contribution in [0.1, 0.15) is 19.8 Å². The molecule has 0 aromatic rings. The van der Waals surface area contributed by atoms with Crippen molar-refractivity contribution >= 4 is 5.91 Å². The zero-order valence-corrected chi connectivity index (χ0v) is 7.64. The predicted octanol–water partition coefficient (Wildman–Crippen LogP) is -0.122. The summed E-state index contributed by atoms with van der Waals surface area (Å²) in [6.45, 7) is 4.07. The molecule has 0 unspecified atom stereocenters. The molecule has 0 heterocycles. The first kappa shape index (κ1) is 11.4. The van der Waals surface area contributed by atoms with E-state index >= 15 is 0 Å². The number of hydrogen-bond donors (Lipinski definition) is 2. The molecule has 0 saturated carbocycles. The Morgan fingerprint density at radius 1 is 1.58 bits per heavy atom. The summed E-state index contributed by atoms with van der Waals surface area (Å²) in [4.78, 5) is 10.9. The molecular weight excluding hydrogens is 156 g/mol. The van der Waals surface area contributed by atoms with Gasteiger partial charge in [-0.1, -0.05) is 6.92 Å². The van der Waals surface area contributed by atoms with Gasteiger partial charge in [0.1, 0.15) is 6.61 Å². The standard InChI is InChI=1S/C8H18N2O2/c1-2-6-12-7-8(11)10-5-3-4-9/h2-7,9H2,1H3,(H,10,11). The second-order valence-electron chi connectivity index (χ2n) is 2.54. The molecule has 3 N–H and O–H groups in total. The van der Waals surface area contributed by atoms with Crippen LogP contribution in [0.4, 0.5) is 0 Å². The second kappa shape index (κ2) is 8.49. The number of nitrogens with two attached hydrogens (primary N) is 1. The van der Waals surface area contributed by atoms with E-state index in [9.17, 15) is 4.79 Å². The van der Waals surface area contributed by atoms with Crippen LogP contribution in [-0.4, -0.2) is 32.2 Å². The van der Waals surface area contributed by atoms with Gasteiger partial charge in [-0.3, -0.25) is 4.79 Å². The molecule has 0 spiro atoms. The van der Waals surface area contributed by atoms with Gasteiger partial charge in [0, 0.05) is 13.2 Å². The fourth-order valence-corrected chi connectivity index (χ4v) is 0.690. The van der Waals surface area contributed by atoms with Crippen LogP contribution >= 0.6 is 0 Å². The van der Waals surface area contributed by atoms with Crippen molar-refractivity contribution in [2.75, 3.05) is 26.3 Å². The summed E-state index contributed by atoms with van der Waals surface area (Å²) in [5, 5.41) is 2.70. The van der Waals surface area contributed by atoms with Crippen molar-refractivity contribution in [3.63, 3.8) is 0 Å². The minimum atomic E-state index is -0.0584. The molecule has 0 saturated heterocycles. The Morgan fingerprint density at radius 3 is 2.92 bits per heavy atom. The fraction of sp³-hybridized carbons (Fsp3) is 0.875. The minimum absolute atomic E-state index is 0.0584. The number of carbonyl (C=O) groups excluding carboxylic acids is 1. The monoisotopic (exact) mass is 174 g/mol. The molecule has 1 amide bonds. The van der Waals surface area contributed by atoms with Gasteiger partial charge in [-0.2, -0.15) is 0 Å². The van der Waals surface area contributed by atoms with E-state index in [4.69, 9.17) is 10.5 Å². The molecule has 0 aliphatic heterocycles. The van der Waals surface area contributed by atoms with E-state index in [1.54, 1.807) is 0 Å². The Morgan fingerprint density at radius 2 is 2.33 bits per heavy atom. The van der Waals surface area contributed by atoms with Gasteiger partial charge in [0.05, 0.1) is 0 Å². The summed E-state index contributed by atoms with van der Waals surface area (Å²) >= 11 is 0. The highest BCUT2D eigenvalue weighted by Crippen LogP contribution is 1.80. The van der Waals surface area contributed by atoms with Crippen LogP contribution in [0.25, 0.3) is 0 Å². The number of amides is 1. The number of hydrogen-bond acceptors (Lipinski definition) is 3. The lowest BCUT2D eigenvalue weighted by Gasteiger charge is -2.03. The molecule has 0 radical (unpaired) electrons. The number of nitrogens with one attached hydrogen (secondary N) is 1. The van der Waals surface area contributed by atoms with Crippen molar-refractivity contribution in [3.8, 4) is 0 Å². The molecule has 4 nitrogen and oxygen atoms in total. The third-order valence-corrected chi connectivity index (χ3v) is 1.28. The highest BCUT2D eigenvalue weighted by Gasteiger charge is 1.98. The zero-order chi connectivity index (χ0) is 9.23. The Balaban J connectivity index is 3.10. The molecule has 0 aromatic heterocycles. The van der Waals surface area contributed by atoms with Gasteiger partial charge in [0.15, 0.2) is 0 Å². The summed E-state index contributed by atoms with van der Waals surface area (Å²) in [5.41, 5.74) is 5.25. The Labute approximate surface area is 73.5 Å². The van der Waals surface area contributed by atoms with Crippen molar-refractivity contribution in [2.24, 2.45) is 5.73 Å². The van der Waals surface area contributed by atoms with Gasteiger partial charge in [-0.25, -0.2) is 0 Å². The minimum Gasteiger partial charge on any atom is -0.372 e. The molecule has 0 fully saturated rings. The maximum absolute atomic E-state index is 10.9. The number of carbonyl (C=O) groups is 1. The molecule has 0 bridgehead atoms. The molecule has 0 atom stereocenters. The summed E-state index contributed by atoms with van der Waals surface area (Å²) in [7, 11) is 0. The average molecular weight is 174 g/mol. The summed E-state index contributed by atoms with van der Waals surface area (Å²) in [6, 6.07) is 0. The van der Waals surface area contributed by atoms with E-state index < -0.39 is 0 Å². The lowest BCUT2D eigenvalue weighted by molar-refractivity contribution is -0.125. The van der Waals surface area contributed by atoms with Gasteiger partial charge in [-0.05, 0) is 19.4 Å². The average Bonchev–Trinajstić information content (AvgIpc) is 2.06. The topological polar surface area (TPSA) is 64.3 Å². The van der Waals surface area contributed by atoms with E-state index in [2.05, 4.69) is 5.32 Å². The van der Waals surface area contributed by atoms with E-state index in [1.165, 1.54) is 0 Å².